The summed E-state index contributed by atoms with van der Waals surface area (Å²) in [6, 6.07) is 6.83. The number of rotatable bonds is 4. The third-order valence-corrected chi connectivity index (χ3v) is 5.75. The summed E-state index contributed by atoms with van der Waals surface area (Å²) in [5.41, 5.74) is 2.78. The van der Waals surface area contributed by atoms with Gasteiger partial charge in [0.2, 0.25) is 5.91 Å². The van der Waals surface area contributed by atoms with Gasteiger partial charge in [0.15, 0.2) is 0 Å². The molecule has 0 saturated carbocycles. The highest BCUT2D eigenvalue weighted by atomic mass is 16.2. The second-order valence-corrected chi connectivity index (χ2v) is 7.43. The molecular weight excluding hydrogens is 356 g/mol. The van der Waals surface area contributed by atoms with Crippen LogP contribution in [0.3, 0.4) is 0 Å². The maximum Gasteiger partial charge on any atom is 0.254 e. The average Bonchev–Trinajstić information content (AvgIpc) is 3.27. The minimum atomic E-state index is -0.311. The number of hydrogen-bond acceptors (Lipinski definition) is 4. The highest BCUT2D eigenvalue weighted by molar-refractivity contribution is 5.99. The van der Waals surface area contributed by atoms with E-state index >= 15 is 0 Å². The predicted octanol–water partition coefficient (Wildman–Crippen LogP) is 2.18. The standard InChI is InChI=1S/C21H24N4O3/c1-3-13-12(2)22-19(24-20(13)27)17-9-6-10-25(17)18(26)11-16-14-7-4-5-8-15(14)21(28)23-16/h4-5,7-8,16-17H,3,6,9-11H2,1-2H3,(H,23,28)(H,22,24,27)/t16-,17+/m1/s1. The van der Waals surface area contributed by atoms with E-state index in [1.54, 1.807) is 11.0 Å². The van der Waals surface area contributed by atoms with Crippen molar-refractivity contribution >= 4 is 11.8 Å². The van der Waals surface area contributed by atoms with Crippen molar-refractivity contribution in [2.75, 3.05) is 6.54 Å². The lowest BCUT2D eigenvalue weighted by Crippen LogP contribution is -2.35. The number of aromatic nitrogens is 2. The van der Waals surface area contributed by atoms with Gasteiger partial charge in [-0.25, -0.2) is 4.98 Å². The molecule has 3 heterocycles. The third kappa shape index (κ3) is 3.10. The van der Waals surface area contributed by atoms with E-state index < -0.39 is 0 Å². The maximum atomic E-state index is 13.0. The zero-order chi connectivity index (χ0) is 19.8. The van der Waals surface area contributed by atoms with Crippen LogP contribution >= 0.6 is 0 Å². The van der Waals surface area contributed by atoms with Crippen LogP contribution in [-0.4, -0.2) is 33.2 Å². The SMILES string of the molecule is CCc1c(C)nc([C@@H]2CCCN2C(=O)C[C@H]2NC(=O)c3ccccc32)[nH]c1=O. The molecule has 2 aliphatic heterocycles. The normalized spacial score (nSPS) is 20.9. The Balaban J connectivity index is 1.55. The number of benzene rings is 1. The summed E-state index contributed by atoms with van der Waals surface area (Å²) in [6.45, 7) is 4.39. The molecule has 1 aromatic carbocycles. The molecule has 1 fully saturated rings. The Morgan fingerprint density at radius 3 is 2.82 bits per heavy atom. The summed E-state index contributed by atoms with van der Waals surface area (Å²) >= 11 is 0. The molecule has 0 bridgehead atoms. The Morgan fingerprint density at radius 2 is 2.07 bits per heavy atom. The van der Waals surface area contributed by atoms with E-state index in [4.69, 9.17) is 0 Å². The zero-order valence-electron chi connectivity index (χ0n) is 16.1. The fourth-order valence-corrected chi connectivity index (χ4v) is 4.33. The summed E-state index contributed by atoms with van der Waals surface area (Å²) in [5, 5.41) is 2.90. The lowest BCUT2D eigenvalue weighted by molar-refractivity contribution is -0.132. The van der Waals surface area contributed by atoms with Gasteiger partial charge >= 0.3 is 0 Å². The smallest absolute Gasteiger partial charge is 0.254 e. The van der Waals surface area contributed by atoms with Gasteiger partial charge in [0.05, 0.1) is 18.5 Å². The Morgan fingerprint density at radius 1 is 1.29 bits per heavy atom. The van der Waals surface area contributed by atoms with Crippen LogP contribution in [0.4, 0.5) is 0 Å². The number of aryl methyl sites for hydroxylation is 1. The molecule has 0 aliphatic carbocycles. The molecule has 4 rings (SSSR count). The lowest BCUT2D eigenvalue weighted by atomic mass is 10.0. The molecule has 0 radical (unpaired) electrons. The Hall–Kier alpha value is -2.96. The van der Waals surface area contributed by atoms with E-state index in [0.29, 0.717) is 29.9 Å². The number of amides is 2. The number of H-pyrrole nitrogens is 1. The molecule has 0 spiro atoms. The van der Waals surface area contributed by atoms with Crippen molar-refractivity contribution in [2.45, 2.75) is 51.6 Å². The highest BCUT2D eigenvalue weighted by Crippen LogP contribution is 2.33. The second kappa shape index (κ2) is 7.22. The van der Waals surface area contributed by atoms with Gasteiger partial charge < -0.3 is 15.2 Å². The van der Waals surface area contributed by atoms with Crippen molar-refractivity contribution in [1.29, 1.82) is 0 Å². The quantitative estimate of drug-likeness (QED) is 0.850. The van der Waals surface area contributed by atoms with Crippen molar-refractivity contribution < 1.29 is 9.59 Å². The van der Waals surface area contributed by atoms with Crippen LogP contribution in [0, 0.1) is 6.92 Å². The van der Waals surface area contributed by atoms with Gasteiger partial charge in [0.1, 0.15) is 5.82 Å². The molecule has 7 nitrogen and oxygen atoms in total. The Bertz CT molecular complexity index is 997. The highest BCUT2D eigenvalue weighted by Gasteiger charge is 2.36. The molecule has 2 aliphatic rings. The second-order valence-electron chi connectivity index (χ2n) is 7.43. The molecule has 1 saturated heterocycles. The molecule has 1 aromatic heterocycles. The van der Waals surface area contributed by atoms with Gasteiger partial charge in [0, 0.05) is 23.4 Å². The van der Waals surface area contributed by atoms with Crippen molar-refractivity contribution in [3.8, 4) is 0 Å². The van der Waals surface area contributed by atoms with E-state index in [9.17, 15) is 14.4 Å². The summed E-state index contributed by atoms with van der Waals surface area (Å²) < 4.78 is 0. The van der Waals surface area contributed by atoms with Crippen LogP contribution in [0.15, 0.2) is 29.1 Å². The monoisotopic (exact) mass is 380 g/mol. The average molecular weight is 380 g/mol. The number of nitrogens with one attached hydrogen (secondary N) is 2. The van der Waals surface area contributed by atoms with Crippen LogP contribution in [0.2, 0.25) is 0 Å². The fourth-order valence-electron chi connectivity index (χ4n) is 4.33. The molecular formula is C21H24N4O3. The van der Waals surface area contributed by atoms with Crippen LogP contribution in [0.5, 0.6) is 0 Å². The van der Waals surface area contributed by atoms with E-state index in [1.165, 1.54) is 0 Å². The first-order chi connectivity index (χ1) is 13.5. The fraction of sp³-hybridized carbons (Fsp3) is 0.429. The van der Waals surface area contributed by atoms with Gasteiger partial charge in [-0.05, 0) is 37.8 Å². The van der Waals surface area contributed by atoms with Gasteiger partial charge in [-0.1, -0.05) is 25.1 Å². The predicted molar refractivity (Wildman–Crippen MR) is 104 cm³/mol. The molecule has 146 valence electrons. The summed E-state index contributed by atoms with van der Waals surface area (Å²) in [5.74, 6) is 0.383. The number of carbonyl (C=O) groups excluding carboxylic acids is 2. The lowest BCUT2D eigenvalue weighted by Gasteiger charge is -2.26. The van der Waals surface area contributed by atoms with Gasteiger partial charge in [-0.3, -0.25) is 14.4 Å². The first kappa shape index (κ1) is 18.4. The van der Waals surface area contributed by atoms with E-state index in [1.807, 2.05) is 32.0 Å². The van der Waals surface area contributed by atoms with Gasteiger partial charge in [0.25, 0.3) is 11.5 Å². The minimum Gasteiger partial charge on any atom is -0.345 e. The van der Waals surface area contributed by atoms with Crippen molar-refractivity contribution in [3.05, 3.63) is 62.8 Å². The molecule has 2 atom stereocenters. The minimum absolute atomic E-state index is 0.0376. The molecule has 2 N–H and O–H groups in total. The summed E-state index contributed by atoms with van der Waals surface area (Å²) in [4.78, 5) is 46.7. The van der Waals surface area contributed by atoms with Crippen LogP contribution in [-0.2, 0) is 11.2 Å². The Kier molecular flexibility index (Phi) is 4.75. The first-order valence-electron chi connectivity index (χ1n) is 9.78. The van der Waals surface area contributed by atoms with Crippen molar-refractivity contribution in [3.63, 3.8) is 0 Å². The molecule has 2 amide bonds. The van der Waals surface area contributed by atoms with Gasteiger partial charge in [-0.2, -0.15) is 0 Å². The maximum absolute atomic E-state index is 13.0. The van der Waals surface area contributed by atoms with E-state index in [-0.39, 0.29) is 35.9 Å². The van der Waals surface area contributed by atoms with Gasteiger partial charge in [-0.15, -0.1) is 0 Å². The molecule has 28 heavy (non-hydrogen) atoms. The number of carbonyl (C=O) groups is 2. The van der Waals surface area contributed by atoms with Crippen molar-refractivity contribution in [2.24, 2.45) is 0 Å². The molecule has 2 aromatic rings. The van der Waals surface area contributed by atoms with E-state index in [0.717, 1.165) is 24.1 Å². The first-order valence-corrected chi connectivity index (χ1v) is 9.78. The third-order valence-electron chi connectivity index (χ3n) is 5.75. The summed E-state index contributed by atoms with van der Waals surface area (Å²) in [7, 11) is 0. The van der Waals surface area contributed by atoms with Crippen molar-refractivity contribution in [1.82, 2.24) is 20.2 Å². The molecule has 0 unspecified atom stereocenters. The number of likely N-dealkylation sites (tertiary alicyclic amines) is 1. The van der Waals surface area contributed by atoms with Crippen LogP contribution in [0.1, 0.15) is 71.3 Å². The number of fused-ring (bicyclic) bond motifs is 1. The Labute approximate surface area is 163 Å². The number of hydrogen-bond donors (Lipinski definition) is 2. The van der Waals surface area contributed by atoms with Crippen LogP contribution in [0.25, 0.3) is 0 Å². The van der Waals surface area contributed by atoms with E-state index in [2.05, 4.69) is 15.3 Å². The topological polar surface area (TPSA) is 95.2 Å². The molecule has 7 heteroatoms. The number of aromatic amines is 1. The number of nitrogens with zero attached hydrogens (tertiary/aromatic N) is 2. The largest absolute Gasteiger partial charge is 0.345 e. The summed E-state index contributed by atoms with van der Waals surface area (Å²) in [6.07, 6.45) is 2.47. The zero-order valence-corrected chi connectivity index (χ0v) is 16.1. The van der Waals surface area contributed by atoms with Crippen LogP contribution < -0.4 is 10.9 Å².